The van der Waals surface area contributed by atoms with Gasteiger partial charge in [0.1, 0.15) is 0 Å². The Bertz CT molecular complexity index is 664. The molecule has 112 valence electrons. The van der Waals surface area contributed by atoms with Crippen LogP contribution >= 0.6 is 0 Å². The van der Waals surface area contributed by atoms with Crippen molar-refractivity contribution in [1.29, 1.82) is 0 Å². The molecule has 0 fully saturated rings. The molecule has 1 aliphatic heterocycles. The number of hydrogen-bond donors (Lipinski definition) is 1. The maximum absolute atomic E-state index is 5.54. The first kappa shape index (κ1) is 13.9. The first-order chi connectivity index (χ1) is 10.1. The van der Waals surface area contributed by atoms with E-state index in [1.807, 2.05) is 23.9 Å². The fraction of sp³-hybridized carbons (Fsp3) is 0.438. The Hall–Kier alpha value is -2.01. The lowest BCUT2D eigenvalue weighted by molar-refractivity contribution is 0.173. The minimum absolute atomic E-state index is 0.233. The first-order valence-electron chi connectivity index (χ1n) is 7.19. The zero-order chi connectivity index (χ0) is 15.0. The fourth-order valence-electron chi connectivity index (χ4n) is 2.91. The van der Waals surface area contributed by atoms with Crippen molar-refractivity contribution < 1.29 is 9.47 Å². The van der Waals surface area contributed by atoms with E-state index in [0.717, 1.165) is 29.3 Å². The number of nitrogens with one attached hydrogen (secondary N) is 1. The van der Waals surface area contributed by atoms with Crippen molar-refractivity contribution in [3.63, 3.8) is 0 Å². The van der Waals surface area contributed by atoms with Crippen LogP contribution in [0.2, 0.25) is 0 Å². The lowest BCUT2D eigenvalue weighted by atomic mass is 10.1. The molecule has 5 nitrogen and oxygen atoms in total. The van der Waals surface area contributed by atoms with E-state index in [4.69, 9.17) is 9.47 Å². The van der Waals surface area contributed by atoms with E-state index >= 15 is 0 Å². The SMILES string of the molecule is Cc1nn(C)c(C)c1C(C)NCc1cccc2c1OCO2. The Morgan fingerprint density at radius 2 is 2.14 bits per heavy atom. The Labute approximate surface area is 124 Å². The van der Waals surface area contributed by atoms with E-state index in [0.29, 0.717) is 6.79 Å². The molecule has 0 spiro atoms. The minimum atomic E-state index is 0.233. The second-order valence-corrected chi connectivity index (χ2v) is 5.46. The van der Waals surface area contributed by atoms with Crippen LogP contribution in [0.3, 0.4) is 0 Å². The molecule has 1 aromatic heterocycles. The number of hydrogen-bond acceptors (Lipinski definition) is 4. The van der Waals surface area contributed by atoms with Crippen molar-refractivity contribution in [2.24, 2.45) is 7.05 Å². The zero-order valence-corrected chi connectivity index (χ0v) is 12.9. The molecule has 3 rings (SSSR count). The van der Waals surface area contributed by atoms with Gasteiger partial charge in [0.15, 0.2) is 11.5 Å². The van der Waals surface area contributed by atoms with Gasteiger partial charge in [0, 0.05) is 36.5 Å². The van der Waals surface area contributed by atoms with Gasteiger partial charge in [0.2, 0.25) is 6.79 Å². The third-order valence-corrected chi connectivity index (χ3v) is 4.07. The second-order valence-electron chi connectivity index (χ2n) is 5.46. The largest absolute Gasteiger partial charge is 0.454 e. The molecule has 1 atom stereocenters. The third-order valence-electron chi connectivity index (χ3n) is 4.07. The lowest BCUT2D eigenvalue weighted by Crippen LogP contribution is -2.19. The highest BCUT2D eigenvalue weighted by atomic mass is 16.7. The molecule has 5 heteroatoms. The van der Waals surface area contributed by atoms with Crippen molar-refractivity contribution in [2.75, 3.05) is 6.79 Å². The summed E-state index contributed by atoms with van der Waals surface area (Å²) >= 11 is 0. The number of nitrogens with zero attached hydrogens (tertiary/aromatic N) is 2. The molecule has 1 N–H and O–H groups in total. The molecule has 0 bridgehead atoms. The average Bonchev–Trinajstić information content (AvgIpc) is 3.02. The number of aryl methyl sites for hydroxylation is 2. The molecule has 1 unspecified atom stereocenters. The van der Waals surface area contributed by atoms with E-state index in [1.165, 1.54) is 11.3 Å². The molecule has 1 aliphatic rings. The molecule has 1 aromatic carbocycles. The summed E-state index contributed by atoms with van der Waals surface area (Å²) in [7, 11) is 1.98. The van der Waals surface area contributed by atoms with Crippen LogP contribution in [0, 0.1) is 13.8 Å². The van der Waals surface area contributed by atoms with Gasteiger partial charge in [0.05, 0.1) is 5.69 Å². The molecule has 0 aliphatic carbocycles. The van der Waals surface area contributed by atoms with Gasteiger partial charge in [-0.15, -0.1) is 0 Å². The van der Waals surface area contributed by atoms with Crippen LogP contribution in [0.25, 0.3) is 0 Å². The standard InChI is InChI=1S/C16H21N3O2/c1-10(15-11(2)18-19(4)12(15)3)17-8-13-6-5-7-14-16(13)21-9-20-14/h5-7,10,17H,8-9H2,1-4H3. The summed E-state index contributed by atoms with van der Waals surface area (Å²) in [5.41, 5.74) is 4.66. The molecule has 0 saturated heterocycles. The average molecular weight is 287 g/mol. The van der Waals surface area contributed by atoms with Crippen LogP contribution < -0.4 is 14.8 Å². The highest BCUT2D eigenvalue weighted by Gasteiger charge is 2.19. The Morgan fingerprint density at radius 3 is 2.86 bits per heavy atom. The van der Waals surface area contributed by atoms with Crippen molar-refractivity contribution in [2.45, 2.75) is 33.4 Å². The summed E-state index contributed by atoms with van der Waals surface area (Å²) in [6.07, 6.45) is 0. The Morgan fingerprint density at radius 1 is 1.33 bits per heavy atom. The minimum Gasteiger partial charge on any atom is -0.454 e. The zero-order valence-electron chi connectivity index (χ0n) is 12.9. The van der Waals surface area contributed by atoms with Gasteiger partial charge in [0.25, 0.3) is 0 Å². The highest BCUT2D eigenvalue weighted by molar-refractivity contribution is 5.48. The molecular weight excluding hydrogens is 266 g/mol. The summed E-state index contributed by atoms with van der Waals surface area (Å²) < 4.78 is 12.9. The predicted molar refractivity (Wildman–Crippen MR) is 80.5 cm³/mol. The molecule has 2 aromatic rings. The van der Waals surface area contributed by atoms with Gasteiger partial charge < -0.3 is 14.8 Å². The van der Waals surface area contributed by atoms with Crippen molar-refractivity contribution in [1.82, 2.24) is 15.1 Å². The van der Waals surface area contributed by atoms with Crippen LogP contribution in [-0.4, -0.2) is 16.6 Å². The Kier molecular flexibility index (Phi) is 3.59. The molecule has 2 heterocycles. The molecule has 0 radical (unpaired) electrons. The lowest BCUT2D eigenvalue weighted by Gasteiger charge is -2.15. The smallest absolute Gasteiger partial charge is 0.231 e. The van der Waals surface area contributed by atoms with Crippen LogP contribution in [0.4, 0.5) is 0 Å². The van der Waals surface area contributed by atoms with Crippen LogP contribution in [0.5, 0.6) is 11.5 Å². The molecular formula is C16H21N3O2. The van der Waals surface area contributed by atoms with Crippen LogP contribution in [0.1, 0.15) is 35.5 Å². The van der Waals surface area contributed by atoms with E-state index in [-0.39, 0.29) is 6.04 Å². The molecule has 0 saturated carbocycles. The monoisotopic (exact) mass is 287 g/mol. The third kappa shape index (κ3) is 2.49. The molecule has 21 heavy (non-hydrogen) atoms. The van der Waals surface area contributed by atoms with E-state index in [1.54, 1.807) is 0 Å². The normalized spacial score (nSPS) is 14.5. The van der Waals surface area contributed by atoms with Gasteiger partial charge in [-0.1, -0.05) is 12.1 Å². The number of para-hydroxylation sites is 1. The Balaban J connectivity index is 1.75. The van der Waals surface area contributed by atoms with E-state index in [2.05, 4.69) is 37.3 Å². The summed E-state index contributed by atoms with van der Waals surface area (Å²) in [5.74, 6) is 1.69. The molecule has 0 amide bonds. The van der Waals surface area contributed by atoms with Crippen LogP contribution in [0.15, 0.2) is 18.2 Å². The quantitative estimate of drug-likeness (QED) is 0.939. The number of aromatic nitrogens is 2. The van der Waals surface area contributed by atoms with Gasteiger partial charge in [-0.3, -0.25) is 4.68 Å². The van der Waals surface area contributed by atoms with Crippen molar-refractivity contribution in [3.05, 3.63) is 40.7 Å². The second kappa shape index (κ2) is 5.41. The van der Waals surface area contributed by atoms with Gasteiger partial charge in [-0.2, -0.15) is 5.10 Å². The topological polar surface area (TPSA) is 48.3 Å². The van der Waals surface area contributed by atoms with Gasteiger partial charge >= 0.3 is 0 Å². The fourth-order valence-corrected chi connectivity index (χ4v) is 2.91. The number of benzene rings is 1. The maximum atomic E-state index is 5.54. The summed E-state index contributed by atoms with van der Waals surface area (Å²) in [6.45, 7) is 7.37. The number of ether oxygens (including phenoxy) is 2. The summed E-state index contributed by atoms with van der Waals surface area (Å²) in [6, 6.07) is 6.23. The van der Waals surface area contributed by atoms with Crippen molar-refractivity contribution in [3.8, 4) is 11.5 Å². The van der Waals surface area contributed by atoms with Gasteiger partial charge in [-0.25, -0.2) is 0 Å². The summed E-state index contributed by atoms with van der Waals surface area (Å²) in [4.78, 5) is 0. The maximum Gasteiger partial charge on any atom is 0.231 e. The number of fused-ring (bicyclic) bond motifs is 1. The highest BCUT2D eigenvalue weighted by Crippen LogP contribution is 2.35. The first-order valence-corrected chi connectivity index (χ1v) is 7.19. The summed E-state index contributed by atoms with van der Waals surface area (Å²) in [5, 5.41) is 8.03. The van der Waals surface area contributed by atoms with Crippen molar-refractivity contribution >= 4 is 0 Å². The van der Waals surface area contributed by atoms with Crippen LogP contribution in [-0.2, 0) is 13.6 Å². The number of rotatable bonds is 4. The van der Waals surface area contributed by atoms with E-state index in [9.17, 15) is 0 Å². The van der Waals surface area contributed by atoms with Gasteiger partial charge in [-0.05, 0) is 26.8 Å². The van der Waals surface area contributed by atoms with E-state index < -0.39 is 0 Å². The predicted octanol–water partition coefficient (Wildman–Crippen LogP) is 2.62.